The minimum Gasteiger partial charge on any atom is -0.462 e. The van der Waals surface area contributed by atoms with Crippen LogP contribution in [-0.2, 0) is 9.53 Å². The Morgan fingerprint density at radius 3 is 2.39 bits per heavy atom. The summed E-state index contributed by atoms with van der Waals surface area (Å²) in [6.07, 6.45) is 18.2. The van der Waals surface area contributed by atoms with Gasteiger partial charge in [-0.2, -0.15) is 0 Å². The Labute approximate surface area is 223 Å². The summed E-state index contributed by atoms with van der Waals surface area (Å²) < 4.78 is 6.16. The highest BCUT2D eigenvalue weighted by molar-refractivity contribution is 5.76. The van der Waals surface area contributed by atoms with Crippen LogP contribution in [0.1, 0.15) is 132 Å². The second-order valence-corrected chi connectivity index (χ2v) is 15.4. The zero-order valence-electron chi connectivity index (χ0n) is 25.1. The fourth-order valence-corrected chi connectivity index (χ4v) is 9.61. The minimum atomic E-state index is -0.385. The van der Waals surface area contributed by atoms with Crippen LogP contribution >= 0.6 is 0 Å². The van der Waals surface area contributed by atoms with Crippen LogP contribution in [-0.4, -0.2) is 12.1 Å². The Kier molecular flexibility index (Phi) is 8.73. The lowest BCUT2D eigenvalue weighted by Gasteiger charge is -2.55. The molecule has 4 rings (SSSR count). The summed E-state index contributed by atoms with van der Waals surface area (Å²) >= 11 is 0. The highest BCUT2D eigenvalue weighted by Crippen LogP contribution is 2.63. The van der Waals surface area contributed by atoms with Gasteiger partial charge in [-0.3, -0.25) is 4.79 Å². The summed E-state index contributed by atoms with van der Waals surface area (Å²) in [7, 11) is 0. The number of esters is 1. The second kappa shape index (κ2) is 11.1. The van der Waals surface area contributed by atoms with Crippen LogP contribution in [0.25, 0.3) is 0 Å². The third-order valence-electron chi connectivity index (χ3n) is 11.3. The van der Waals surface area contributed by atoms with Crippen molar-refractivity contribution in [2.45, 2.75) is 139 Å². The Morgan fingerprint density at radius 1 is 0.972 bits per heavy atom. The number of allylic oxidation sites excluding steroid dienone is 1. The van der Waals surface area contributed by atoms with Gasteiger partial charge in [-0.25, -0.2) is 0 Å². The van der Waals surface area contributed by atoms with E-state index >= 15 is 0 Å². The van der Waals surface area contributed by atoms with Crippen LogP contribution < -0.4 is 0 Å². The maximum absolute atomic E-state index is 13.0. The van der Waals surface area contributed by atoms with Crippen molar-refractivity contribution in [3.8, 4) is 0 Å². The number of carbonyl (C=O) groups is 1. The second-order valence-electron chi connectivity index (χ2n) is 15.4. The first kappa shape index (κ1) is 28.2. The monoisotopic (exact) mass is 498 g/mol. The van der Waals surface area contributed by atoms with Gasteiger partial charge < -0.3 is 4.74 Å². The summed E-state index contributed by atoms with van der Waals surface area (Å²) in [4.78, 5) is 13.0. The molecular weight excluding hydrogens is 440 g/mol. The summed E-state index contributed by atoms with van der Waals surface area (Å²) in [5.74, 6) is 6.95. The van der Waals surface area contributed by atoms with Crippen molar-refractivity contribution in [1.82, 2.24) is 0 Å². The van der Waals surface area contributed by atoms with Crippen LogP contribution in [0.3, 0.4) is 0 Å². The normalized spacial score (nSPS) is 37.2. The molecular formula is C34H58O2. The molecule has 8 atom stereocenters. The molecule has 2 heteroatoms. The van der Waals surface area contributed by atoms with E-state index in [-0.39, 0.29) is 17.5 Å². The predicted octanol–water partition coefficient (Wildman–Crippen LogP) is 9.62. The quantitative estimate of drug-likeness (QED) is 0.234. The molecule has 0 bridgehead atoms. The first-order valence-electron chi connectivity index (χ1n) is 15.8. The molecule has 4 aliphatic rings. The van der Waals surface area contributed by atoms with Gasteiger partial charge >= 0.3 is 5.97 Å². The maximum Gasteiger partial charge on any atom is 0.311 e. The molecule has 0 spiro atoms. The Bertz CT molecular complexity index is 791. The van der Waals surface area contributed by atoms with Gasteiger partial charge in [0, 0.05) is 6.42 Å². The molecule has 3 fully saturated rings. The summed E-state index contributed by atoms with van der Waals surface area (Å²) in [5, 5.41) is 0. The Balaban J connectivity index is 1.38. The van der Waals surface area contributed by atoms with E-state index in [1.54, 1.807) is 5.57 Å². The van der Waals surface area contributed by atoms with Gasteiger partial charge in [0.1, 0.15) is 6.10 Å². The molecule has 0 heterocycles. The van der Waals surface area contributed by atoms with Crippen molar-refractivity contribution in [3.05, 3.63) is 11.6 Å². The zero-order valence-corrected chi connectivity index (χ0v) is 25.1. The average molecular weight is 499 g/mol. The van der Waals surface area contributed by atoms with E-state index in [2.05, 4.69) is 61.5 Å². The van der Waals surface area contributed by atoms with Crippen LogP contribution in [0.15, 0.2) is 11.6 Å². The third-order valence-corrected chi connectivity index (χ3v) is 11.3. The van der Waals surface area contributed by atoms with Gasteiger partial charge in [0.2, 0.25) is 0 Å². The summed E-state index contributed by atoms with van der Waals surface area (Å²) in [6, 6.07) is 0. The number of carbonyl (C=O) groups excluding carboxylic acids is 1. The molecule has 0 aromatic carbocycles. The van der Waals surface area contributed by atoms with E-state index in [9.17, 15) is 4.79 Å². The van der Waals surface area contributed by atoms with E-state index in [1.807, 2.05) is 0 Å². The fourth-order valence-electron chi connectivity index (χ4n) is 9.61. The number of fused-ring (bicyclic) bond motifs is 5. The number of rotatable bonds is 9. The van der Waals surface area contributed by atoms with Crippen LogP contribution in [0.4, 0.5) is 0 Å². The number of hydrogen-bond acceptors (Lipinski definition) is 2. The maximum atomic E-state index is 13.0. The predicted molar refractivity (Wildman–Crippen MR) is 152 cm³/mol. The number of ether oxygens (including phenoxy) is 1. The van der Waals surface area contributed by atoms with Gasteiger partial charge in [0.25, 0.3) is 0 Å². The lowest BCUT2D eigenvalue weighted by Crippen LogP contribution is -2.48. The van der Waals surface area contributed by atoms with E-state index < -0.39 is 0 Å². The van der Waals surface area contributed by atoms with Crippen molar-refractivity contribution in [1.29, 1.82) is 0 Å². The molecule has 0 aromatic heterocycles. The van der Waals surface area contributed by atoms with E-state index in [0.717, 1.165) is 60.7 Å². The fraction of sp³-hybridized carbons (Fsp3) is 0.912. The summed E-state index contributed by atoms with van der Waals surface area (Å²) in [5.41, 5.74) is 1.58. The molecule has 0 amide bonds. The van der Waals surface area contributed by atoms with Crippen molar-refractivity contribution < 1.29 is 9.53 Å². The largest absolute Gasteiger partial charge is 0.462 e. The van der Waals surface area contributed by atoms with E-state index in [0.29, 0.717) is 11.3 Å². The molecule has 0 radical (unpaired) electrons. The minimum absolute atomic E-state index is 0.0131. The van der Waals surface area contributed by atoms with Crippen LogP contribution in [0, 0.1) is 58.2 Å². The third kappa shape index (κ3) is 5.78. The van der Waals surface area contributed by atoms with E-state index in [1.165, 1.54) is 57.8 Å². The average Bonchev–Trinajstić information content (AvgIpc) is 3.22. The van der Waals surface area contributed by atoms with Crippen molar-refractivity contribution in [3.63, 3.8) is 0 Å². The topological polar surface area (TPSA) is 26.3 Å². The van der Waals surface area contributed by atoms with Crippen molar-refractivity contribution in [2.24, 2.45) is 58.2 Å². The molecule has 0 aliphatic heterocycles. The Hall–Kier alpha value is -0.790. The van der Waals surface area contributed by atoms with Crippen LogP contribution in [0.2, 0.25) is 0 Å². The van der Waals surface area contributed by atoms with Gasteiger partial charge in [-0.15, -0.1) is 0 Å². The molecule has 8 unspecified atom stereocenters. The lowest BCUT2D eigenvalue weighted by molar-refractivity contribution is -0.162. The number of hydrogen-bond donors (Lipinski definition) is 0. The van der Waals surface area contributed by atoms with Gasteiger partial charge in [0.15, 0.2) is 0 Å². The molecule has 3 saturated carbocycles. The Morgan fingerprint density at radius 2 is 1.69 bits per heavy atom. The molecule has 206 valence electrons. The first-order valence-corrected chi connectivity index (χ1v) is 15.8. The molecule has 0 N–H and O–H groups in total. The summed E-state index contributed by atoms with van der Waals surface area (Å²) in [6.45, 7) is 18.4. The van der Waals surface area contributed by atoms with E-state index in [4.69, 9.17) is 4.74 Å². The molecule has 2 nitrogen and oxygen atoms in total. The lowest BCUT2D eigenvalue weighted by atomic mass is 9.50. The van der Waals surface area contributed by atoms with Gasteiger partial charge in [-0.1, -0.05) is 72.5 Å². The highest BCUT2D eigenvalue weighted by Gasteiger charge is 2.55. The molecule has 0 aromatic rings. The molecule has 4 aliphatic carbocycles. The highest BCUT2D eigenvalue weighted by atomic mass is 16.5. The molecule has 0 saturated heterocycles. The van der Waals surface area contributed by atoms with Gasteiger partial charge in [-0.05, 0) is 118 Å². The van der Waals surface area contributed by atoms with Gasteiger partial charge in [0.05, 0.1) is 5.41 Å². The van der Waals surface area contributed by atoms with Crippen LogP contribution in [0.5, 0.6) is 0 Å². The standard InChI is InChI=1S/C34H58O2/c1-22(2)10-9-11-24(5)27-14-15-29-28(27)16-17-31-30(29)13-12-25-20-26(18-19-34(25,31)8)36-32(35)33(6,7)21-23(3)4/h12,22-24,26-31H,9-11,13-21H2,1-8H3. The molecule has 36 heavy (non-hydrogen) atoms. The first-order chi connectivity index (χ1) is 16.9. The smallest absolute Gasteiger partial charge is 0.311 e. The zero-order chi connectivity index (χ0) is 26.3. The van der Waals surface area contributed by atoms with Crippen molar-refractivity contribution in [2.75, 3.05) is 0 Å². The van der Waals surface area contributed by atoms with Crippen molar-refractivity contribution >= 4 is 5.97 Å². The SMILES string of the molecule is CC(C)CCCC(C)C1CCC2C1CCC1C2CC=C2CC(OC(=O)C(C)(C)CC(C)C)CCC21C.